The lowest BCUT2D eigenvalue weighted by molar-refractivity contribution is -0.153. The van der Waals surface area contributed by atoms with Gasteiger partial charge in [-0.2, -0.15) is 13.2 Å². The van der Waals surface area contributed by atoms with E-state index in [1.54, 1.807) is 0 Å². The van der Waals surface area contributed by atoms with Crippen LogP contribution in [0.4, 0.5) is 13.2 Å². The molecule has 0 radical (unpaired) electrons. The summed E-state index contributed by atoms with van der Waals surface area (Å²) >= 11 is 0. The van der Waals surface area contributed by atoms with Crippen molar-refractivity contribution in [2.75, 3.05) is 6.61 Å². The minimum atomic E-state index is -4.50. The molecule has 1 aromatic heterocycles. The number of alkyl halides is 3. The van der Waals surface area contributed by atoms with Crippen molar-refractivity contribution in [3.8, 4) is 5.75 Å². The number of aromatic nitrogens is 1. The summed E-state index contributed by atoms with van der Waals surface area (Å²) in [4.78, 5) is 28.0. The lowest BCUT2D eigenvalue weighted by Crippen LogP contribution is -2.20. The van der Waals surface area contributed by atoms with Crippen LogP contribution in [0.5, 0.6) is 5.75 Å². The Labute approximate surface area is 146 Å². The third kappa shape index (κ3) is 3.68. The number of benzene rings is 1. The van der Waals surface area contributed by atoms with Gasteiger partial charge in [-0.3, -0.25) is 14.6 Å². The monoisotopic (exact) mass is 365 g/mol. The number of carbonyl (C=O) groups excluding carboxylic acids is 2. The summed E-state index contributed by atoms with van der Waals surface area (Å²) in [5.74, 6) is -1.43. The second kappa shape index (κ2) is 6.78. The van der Waals surface area contributed by atoms with Gasteiger partial charge in [0, 0.05) is 30.0 Å². The number of aliphatic hydroxyl groups excluding tert-OH is 1. The zero-order valence-electron chi connectivity index (χ0n) is 13.5. The number of carbonyl (C=O) groups is 2. The number of allylic oxidation sites excluding steroid dienone is 1. The number of Topliss-reactive ketones (excluding diaryl/α,β-unsaturated/α-hetero) is 2. The Morgan fingerprint density at radius 2 is 1.85 bits per heavy atom. The van der Waals surface area contributed by atoms with Gasteiger partial charge in [-0.1, -0.05) is 0 Å². The average Bonchev–Trinajstić information content (AvgIpc) is 2.58. The summed E-state index contributed by atoms with van der Waals surface area (Å²) in [5, 5.41) is 10.6. The number of hydrogen-bond donors (Lipinski definition) is 1. The number of halogens is 3. The smallest absolute Gasteiger partial charge is 0.422 e. The molecule has 0 amide bonds. The van der Waals surface area contributed by atoms with Gasteiger partial charge in [0.2, 0.25) is 0 Å². The standard InChI is InChI=1S/C18H14F3NO4/c19-18(20,21)9-26-15-6-7-22-12-5-4-10(8-11(12)15)17(25)16-13(23)2-1-3-14(16)24/h4-8,25H,1-3,9H2. The van der Waals surface area contributed by atoms with E-state index in [1.165, 1.54) is 30.5 Å². The van der Waals surface area contributed by atoms with Crippen LogP contribution in [0.3, 0.4) is 0 Å². The normalized spacial score (nSPS) is 15.4. The molecule has 2 aromatic rings. The largest absolute Gasteiger partial charge is 0.506 e. The first-order chi connectivity index (χ1) is 12.3. The van der Waals surface area contributed by atoms with Gasteiger partial charge in [-0.15, -0.1) is 0 Å². The van der Waals surface area contributed by atoms with Crippen molar-refractivity contribution in [3.05, 3.63) is 41.6 Å². The highest BCUT2D eigenvalue weighted by molar-refractivity contribution is 6.25. The molecule has 0 atom stereocenters. The molecule has 1 aliphatic carbocycles. The van der Waals surface area contributed by atoms with Crippen molar-refractivity contribution in [1.82, 2.24) is 4.98 Å². The van der Waals surface area contributed by atoms with E-state index in [1.807, 2.05) is 0 Å². The molecule has 26 heavy (non-hydrogen) atoms. The van der Waals surface area contributed by atoms with Crippen LogP contribution in [-0.2, 0) is 9.59 Å². The quantitative estimate of drug-likeness (QED) is 0.509. The molecule has 1 fully saturated rings. The van der Waals surface area contributed by atoms with Gasteiger partial charge in [0.05, 0.1) is 5.52 Å². The van der Waals surface area contributed by atoms with E-state index >= 15 is 0 Å². The van der Waals surface area contributed by atoms with E-state index in [2.05, 4.69) is 4.98 Å². The van der Waals surface area contributed by atoms with E-state index in [-0.39, 0.29) is 35.1 Å². The molecular formula is C18H14F3NO4. The first kappa shape index (κ1) is 17.9. The van der Waals surface area contributed by atoms with Crippen molar-refractivity contribution in [2.24, 2.45) is 0 Å². The van der Waals surface area contributed by atoms with Crippen LogP contribution in [0, 0.1) is 0 Å². The van der Waals surface area contributed by atoms with Crippen LogP contribution in [0.2, 0.25) is 0 Å². The Bertz CT molecular complexity index is 900. The van der Waals surface area contributed by atoms with Gasteiger partial charge in [-0.25, -0.2) is 0 Å². The first-order valence-corrected chi connectivity index (χ1v) is 7.84. The Morgan fingerprint density at radius 3 is 2.50 bits per heavy atom. The molecule has 1 aromatic carbocycles. The van der Waals surface area contributed by atoms with E-state index in [0.717, 1.165) is 0 Å². The zero-order chi connectivity index (χ0) is 18.9. The molecule has 1 aliphatic rings. The second-order valence-electron chi connectivity index (χ2n) is 5.87. The molecule has 1 heterocycles. The Balaban J connectivity index is 2.05. The van der Waals surface area contributed by atoms with Gasteiger partial charge in [0.15, 0.2) is 18.2 Å². The minimum Gasteiger partial charge on any atom is -0.506 e. The molecule has 5 nitrogen and oxygen atoms in total. The Kier molecular flexibility index (Phi) is 4.67. The predicted octanol–water partition coefficient (Wildman–Crippen LogP) is 3.77. The number of fused-ring (bicyclic) bond motifs is 1. The maximum Gasteiger partial charge on any atom is 0.422 e. The summed E-state index contributed by atoms with van der Waals surface area (Å²) in [6.07, 6.45) is -2.43. The van der Waals surface area contributed by atoms with Gasteiger partial charge < -0.3 is 9.84 Å². The number of nitrogens with zero attached hydrogens (tertiary/aromatic N) is 1. The molecule has 0 spiro atoms. The second-order valence-corrected chi connectivity index (χ2v) is 5.87. The number of rotatable bonds is 3. The van der Waals surface area contributed by atoms with Crippen LogP contribution in [-0.4, -0.2) is 34.4 Å². The predicted molar refractivity (Wildman–Crippen MR) is 86.7 cm³/mol. The Hall–Kier alpha value is -2.90. The van der Waals surface area contributed by atoms with Crippen molar-refractivity contribution in [2.45, 2.75) is 25.4 Å². The molecule has 0 aliphatic heterocycles. The van der Waals surface area contributed by atoms with Gasteiger partial charge in [0.1, 0.15) is 17.1 Å². The fraction of sp³-hybridized carbons (Fsp3) is 0.278. The van der Waals surface area contributed by atoms with Gasteiger partial charge in [-0.05, 0) is 30.7 Å². The third-order valence-electron chi connectivity index (χ3n) is 3.97. The van der Waals surface area contributed by atoms with E-state index in [0.29, 0.717) is 11.9 Å². The van der Waals surface area contributed by atoms with E-state index in [9.17, 15) is 27.9 Å². The molecule has 0 unspecified atom stereocenters. The molecule has 3 rings (SSSR count). The number of ketones is 2. The van der Waals surface area contributed by atoms with E-state index < -0.39 is 30.1 Å². The van der Waals surface area contributed by atoms with Crippen LogP contribution >= 0.6 is 0 Å². The summed E-state index contributed by atoms with van der Waals surface area (Å²) in [6, 6.07) is 5.55. The van der Waals surface area contributed by atoms with Gasteiger partial charge in [0.25, 0.3) is 0 Å². The van der Waals surface area contributed by atoms with Crippen LogP contribution in [0.1, 0.15) is 24.8 Å². The highest BCUT2D eigenvalue weighted by atomic mass is 19.4. The molecule has 8 heteroatoms. The zero-order valence-corrected chi connectivity index (χ0v) is 13.5. The van der Waals surface area contributed by atoms with Crippen molar-refractivity contribution < 1.29 is 32.6 Å². The minimum absolute atomic E-state index is 0.0618. The lowest BCUT2D eigenvalue weighted by atomic mass is 9.89. The average molecular weight is 365 g/mol. The maximum atomic E-state index is 12.4. The van der Waals surface area contributed by atoms with Crippen LogP contribution in [0.15, 0.2) is 36.0 Å². The Morgan fingerprint density at radius 1 is 1.15 bits per heavy atom. The molecular weight excluding hydrogens is 351 g/mol. The van der Waals surface area contributed by atoms with Crippen molar-refractivity contribution >= 4 is 28.2 Å². The molecule has 1 saturated carbocycles. The number of ether oxygens (including phenoxy) is 1. The van der Waals surface area contributed by atoms with Gasteiger partial charge >= 0.3 is 6.18 Å². The number of hydrogen-bond acceptors (Lipinski definition) is 5. The lowest BCUT2D eigenvalue weighted by Gasteiger charge is -2.15. The molecule has 136 valence electrons. The van der Waals surface area contributed by atoms with E-state index in [4.69, 9.17) is 4.74 Å². The fourth-order valence-corrected chi connectivity index (χ4v) is 2.78. The highest BCUT2D eigenvalue weighted by Gasteiger charge is 2.29. The number of aliphatic hydroxyl groups is 1. The molecule has 0 saturated heterocycles. The van der Waals surface area contributed by atoms with Crippen molar-refractivity contribution in [3.63, 3.8) is 0 Å². The third-order valence-corrected chi connectivity index (χ3v) is 3.97. The molecule has 1 N–H and O–H groups in total. The summed E-state index contributed by atoms with van der Waals surface area (Å²) in [7, 11) is 0. The summed E-state index contributed by atoms with van der Waals surface area (Å²) < 4.78 is 42.1. The SMILES string of the molecule is O=C1CCCC(=O)C1=C(O)c1ccc2nccc(OCC(F)(F)F)c2c1. The summed E-state index contributed by atoms with van der Waals surface area (Å²) in [5.41, 5.74) is 0.228. The first-order valence-electron chi connectivity index (χ1n) is 7.84. The summed E-state index contributed by atoms with van der Waals surface area (Å²) in [6.45, 7) is -1.47. The number of pyridine rings is 1. The fourth-order valence-electron chi connectivity index (χ4n) is 2.78. The highest BCUT2D eigenvalue weighted by Crippen LogP contribution is 2.30. The maximum absolute atomic E-state index is 12.4. The van der Waals surface area contributed by atoms with Crippen LogP contribution in [0.25, 0.3) is 16.7 Å². The van der Waals surface area contributed by atoms with Crippen molar-refractivity contribution in [1.29, 1.82) is 0 Å². The van der Waals surface area contributed by atoms with Crippen LogP contribution < -0.4 is 4.74 Å². The molecule has 0 bridgehead atoms. The topological polar surface area (TPSA) is 76.5 Å².